The van der Waals surface area contributed by atoms with E-state index in [1.54, 1.807) is 6.07 Å². The first-order valence-electron chi connectivity index (χ1n) is 7.90. The highest BCUT2D eigenvalue weighted by atomic mass is 16.4. The van der Waals surface area contributed by atoms with Crippen LogP contribution in [0.15, 0.2) is 24.3 Å². The fourth-order valence-corrected chi connectivity index (χ4v) is 2.90. The average Bonchev–Trinajstić information content (AvgIpc) is 2.41. The average molecular weight is 311 g/mol. The minimum atomic E-state index is -0.921. The largest absolute Gasteiger partial charge is 0.478 e. The quantitative estimate of drug-likeness (QED) is 0.901. The van der Waals surface area contributed by atoms with Crippen molar-refractivity contribution in [3.05, 3.63) is 63.5 Å². The molecule has 0 aliphatic heterocycles. The molecule has 0 amide bonds. The molecule has 3 heteroatoms. The molecule has 3 nitrogen and oxygen atoms in total. The predicted molar refractivity (Wildman–Crippen MR) is 93.4 cm³/mol. The zero-order chi connectivity index (χ0) is 17.4. The number of aromatic carboxylic acids is 1. The van der Waals surface area contributed by atoms with Crippen LogP contribution < -0.4 is 0 Å². The molecule has 122 valence electrons. The van der Waals surface area contributed by atoms with Gasteiger partial charge in [-0.15, -0.1) is 0 Å². The second-order valence-electron chi connectivity index (χ2n) is 7.30. The molecular weight excluding hydrogens is 286 g/mol. The normalized spacial score (nSPS) is 11.6. The fourth-order valence-electron chi connectivity index (χ4n) is 2.90. The summed E-state index contributed by atoms with van der Waals surface area (Å²) in [6, 6.07) is 7.78. The first kappa shape index (κ1) is 17.2. The maximum Gasteiger partial charge on any atom is 0.337 e. The van der Waals surface area contributed by atoms with Crippen LogP contribution in [0.4, 0.5) is 0 Å². The molecule has 0 saturated heterocycles. The Hall–Kier alpha value is -2.16. The number of carboxylic acids is 1. The van der Waals surface area contributed by atoms with Crippen LogP contribution in [0, 0.1) is 20.8 Å². The van der Waals surface area contributed by atoms with E-state index in [1.165, 1.54) is 16.7 Å². The number of aryl methyl sites for hydroxylation is 3. The van der Waals surface area contributed by atoms with Crippen molar-refractivity contribution >= 4 is 5.97 Å². The van der Waals surface area contributed by atoms with Gasteiger partial charge in [0.25, 0.3) is 0 Å². The van der Waals surface area contributed by atoms with E-state index in [0.717, 1.165) is 11.3 Å². The van der Waals surface area contributed by atoms with Crippen LogP contribution in [0.3, 0.4) is 0 Å². The third kappa shape index (κ3) is 3.79. The Balaban J connectivity index is 2.56. The molecular formula is C20H25NO2. The van der Waals surface area contributed by atoms with Crippen LogP contribution in [0.2, 0.25) is 0 Å². The smallest absolute Gasteiger partial charge is 0.337 e. The number of rotatable bonds is 3. The molecule has 0 aliphatic carbocycles. The van der Waals surface area contributed by atoms with E-state index in [2.05, 4.69) is 58.7 Å². The molecule has 0 radical (unpaired) electrons. The summed E-state index contributed by atoms with van der Waals surface area (Å²) in [6.07, 6.45) is 0.545. The number of aromatic nitrogens is 1. The minimum absolute atomic E-state index is 0.108. The lowest BCUT2D eigenvalue weighted by Crippen LogP contribution is -2.17. The Morgan fingerprint density at radius 3 is 2.13 bits per heavy atom. The van der Waals surface area contributed by atoms with Gasteiger partial charge in [-0.05, 0) is 49.6 Å². The van der Waals surface area contributed by atoms with Crippen LogP contribution in [-0.4, -0.2) is 16.1 Å². The summed E-state index contributed by atoms with van der Waals surface area (Å²) in [5.74, 6) is -0.921. The summed E-state index contributed by atoms with van der Waals surface area (Å²) in [5, 5.41) is 9.48. The monoisotopic (exact) mass is 311 g/mol. The van der Waals surface area contributed by atoms with Gasteiger partial charge in [-0.3, -0.25) is 4.98 Å². The van der Waals surface area contributed by atoms with Crippen molar-refractivity contribution in [3.8, 4) is 0 Å². The van der Waals surface area contributed by atoms with Gasteiger partial charge < -0.3 is 5.11 Å². The molecule has 2 aromatic rings. The van der Waals surface area contributed by atoms with E-state index in [9.17, 15) is 9.90 Å². The number of nitrogens with zero attached hydrogens (tertiary/aromatic N) is 1. The number of hydrogen-bond acceptors (Lipinski definition) is 2. The summed E-state index contributed by atoms with van der Waals surface area (Å²) in [4.78, 5) is 16.2. The Bertz CT molecular complexity index is 732. The molecule has 1 aromatic carbocycles. The lowest BCUT2D eigenvalue weighted by Gasteiger charge is -2.20. The molecule has 0 fully saturated rings. The van der Waals surface area contributed by atoms with E-state index < -0.39 is 5.97 Å². The highest BCUT2D eigenvalue weighted by molar-refractivity contribution is 5.89. The topological polar surface area (TPSA) is 50.2 Å². The standard InChI is InChI=1S/C20H25NO2/c1-12-9-13(2)16(14(3)10-12)11-17-15(19(22)23)7-8-18(21-17)20(4,5)6/h7-10H,11H2,1-6H3,(H,22,23). The van der Waals surface area contributed by atoms with Crippen molar-refractivity contribution < 1.29 is 9.90 Å². The molecule has 1 aromatic heterocycles. The maximum absolute atomic E-state index is 11.6. The van der Waals surface area contributed by atoms with Gasteiger partial charge in [-0.2, -0.15) is 0 Å². The third-order valence-corrected chi connectivity index (χ3v) is 4.16. The van der Waals surface area contributed by atoms with Gasteiger partial charge in [-0.25, -0.2) is 4.79 Å². The van der Waals surface area contributed by atoms with Crippen LogP contribution in [0.25, 0.3) is 0 Å². The summed E-state index contributed by atoms with van der Waals surface area (Å²) >= 11 is 0. The number of hydrogen-bond donors (Lipinski definition) is 1. The molecule has 1 heterocycles. The van der Waals surface area contributed by atoms with Crippen molar-refractivity contribution in [1.29, 1.82) is 0 Å². The summed E-state index contributed by atoms with van der Waals surface area (Å²) in [7, 11) is 0. The van der Waals surface area contributed by atoms with Gasteiger partial charge in [0.2, 0.25) is 0 Å². The molecule has 0 bridgehead atoms. The van der Waals surface area contributed by atoms with Crippen molar-refractivity contribution in [2.24, 2.45) is 0 Å². The summed E-state index contributed by atoms with van der Waals surface area (Å²) < 4.78 is 0. The Kier molecular flexibility index (Phi) is 4.60. The van der Waals surface area contributed by atoms with Gasteiger partial charge in [-0.1, -0.05) is 38.5 Å². The molecule has 0 saturated carbocycles. The maximum atomic E-state index is 11.6. The first-order chi connectivity index (χ1) is 10.6. The number of carbonyl (C=O) groups is 1. The SMILES string of the molecule is Cc1cc(C)c(Cc2nc(C(C)(C)C)ccc2C(=O)O)c(C)c1. The lowest BCUT2D eigenvalue weighted by molar-refractivity contribution is 0.0695. The molecule has 0 aliphatic rings. The van der Waals surface area contributed by atoms with Crippen LogP contribution in [-0.2, 0) is 11.8 Å². The fraction of sp³-hybridized carbons (Fsp3) is 0.400. The van der Waals surface area contributed by atoms with Crippen LogP contribution in [0.5, 0.6) is 0 Å². The second-order valence-corrected chi connectivity index (χ2v) is 7.30. The number of benzene rings is 1. The van der Waals surface area contributed by atoms with Gasteiger partial charge in [0.1, 0.15) is 0 Å². The molecule has 1 N–H and O–H groups in total. The van der Waals surface area contributed by atoms with E-state index >= 15 is 0 Å². The van der Waals surface area contributed by atoms with E-state index in [0.29, 0.717) is 12.1 Å². The van der Waals surface area contributed by atoms with E-state index in [-0.39, 0.29) is 11.0 Å². The van der Waals surface area contributed by atoms with Gasteiger partial charge in [0, 0.05) is 17.5 Å². The van der Waals surface area contributed by atoms with Crippen molar-refractivity contribution in [1.82, 2.24) is 4.98 Å². The van der Waals surface area contributed by atoms with Gasteiger partial charge in [0.15, 0.2) is 0 Å². The lowest BCUT2D eigenvalue weighted by atomic mass is 9.89. The molecule has 0 spiro atoms. The molecule has 23 heavy (non-hydrogen) atoms. The minimum Gasteiger partial charge on any atom is -0.478 e. The van der Waals surface area contributed by atoms with Crippen molar-refractivity contribution in [2.45, 2.75) is 53.4 Å². The number of carboxylic acid groups (broad SMARTS) is 1. The third-order valence-electron chi connectivity index (χ3n) is 4.16. The summed E-state index contributed by atoms with van der Waals surface area (Å²) in [5.41, 5.74) is 6.49. The second kappa shape index (κ2) is 6.15. The Morgan fingerprint density at radius 2 is 1.65 bits per heavy atom. The highest BCUT2D eigenvalue weighted by Crippen LogP contribution is 2.25. The van der Waals surface area contributed by atoms with E-state index in [1.807, 2.05) is 6.07 Å². The van der Waals surface area contributed by atoms with E-state index in [4.69, 9.17) is 0 Å². The van der Waals surface area contributed by atoms with Crippen LogP contribution in [0.1, 0.15) is 64.8 Å². The van der Waals surface area contributed by atoms with Crippen molar-refractivity contribution in [2.75, 3.05) is 0 Å². The Labute approximate surface area is 138 Å². The van der Waals surface area contributed by atoms with Crippen molar-refractivity contribution in [3.63, 3.8) is 0 Å². The number of pyridine rings is 1. The predicted octanol–water partition coefficient (Wildman–Crippen LogP) is 4.59. The highest BCUT2D eigenvalue weighted by Gasteiger charge is 2.20. The zero-order valence-corrected chi connectivity index (χ0v) is 14.8. The molecule has 0 atom stereocenters. The first-order valence-corrected chi connectivity index (χ1v) is 7.90. The molecule has 0 unspecified atom stereocenters. The van der Waals surface area contributed by atoms with Gasteiger partial charge in [0.05, 0.1) is 11.3 Å². The molecule has 2 rings (SSSR count). The Morgan fingerprint density at radius 1 is 1.09 bits per heavy atom. The zero-order valence-electron chi connectivity index (χ0n) is 14.8. The summed E-state index contributed by atoms with van der Waals surface area (Å²) in [6.45, 7) is 12.5. The van der Waals surface area contributed by atoms with Crippen LogP contribution >= 0.6 is 0 Å². The van der Waals surface area contributed by atoms with Gasteiger partial charge >= 0.3 is 5.97 Å².